The van der Waals surface area contributed by atoms with E-state index in [-0.39, 0.29) is 24.3 Å². The van der Waals surface area contributed by atoms with Crippen LogP contribution in [0.5, 0.6) is 0 Å². The lowest BCUT2D eigenvalue weighted by Gasteiger charge is -2.13. The quantitative estimate of drug-likeness (QED) is 0.574. The molecule has 0 unspecified atom stereocenters. The number of hydrogen-bond donors (Lipinski definition) is 1. The van der Waals surface area contributed by atoms with Crippen LogP contribution in [0.4, 0.5) is 4.79 Å². The summed E-state index contributed by atoms with van der Waals surface area (Å²) in [4.78, 5) is 35.9. The minimum atomic E-state index is -0.555. The summed E-state index contributed by atoms with van der Waals surface area (Å²) < 4.78 is 4.88. The number of thioether (sulfide) groups is 1. The van der Waals surface area contributed by atoms with Crippen molar-refractivity contribution in [1.82, 2.24) is 10.2 Å². The zero-order chi connectivity index (χ0) is 16.5. The van der Waals surface area contributed by atoms with Crippen LogP contribution in [0.3, 0.4) is 0 Å². The molecular formula is C16H20N2O4S. The fourth-order valence-corrected chi connectivity index (χ4v) is 2.96. The molecule has 1 aliphatic heterocycles. The zero-order valence-electron chi connectivity index (χ0n) is 12.8. The van der Waals surface area contributed by atoms with Crippen LogP contribution in [0.2, 0.25) is 0 Å². The predicted octanol–water partition coefficient (Wildman–Crippen LogP) is 1.45. The van der Waals surface area contributed by atoms with Gasteiger partial charge in [0.25, 0.3) is 11.1 Å². The molecule has 1 aromatic rings. The van der Waals surface area contributed by atoms with Crippen LogP contribution < -0.4 is 5.32 Å². The molecule has 0 aliphatic carbocycles. The average molecular weight is 336 g/mol. The number of hydrogen-bond acceptors (Lipinski definition) is 5. The topological polar surface area (TPSA) is 75.7 Å². The number of nitrogens with one attached hydrogen (secondary N) is 1. The highest BCUT2D eigenvalue weighted by Crippen LogP contribution is 2.16. The Morgan fingerprint density at radius 3 is 2.74 bits per heavy atom. The van der Waals surface area contributed by atoms with Gasteiger partial charge in [0.15, 0.2) is 6.61 Å². The van der Waals surface area contributed by atoms with Crippen molar-refractivity contribution in [2.24, 2.45) is 0 Å². The summed E-state index contributed by atoms with van der Waals surface area (Å²) in [5.41, 5.74) is 1.22. The number of nitrogens with zero attached hydrogens (tertiary/aromatic N) is 1. The fraction of sp³-hybridized carbons (Fsp3) is 0.438. The second-order valence-electron chi connectivity index (χ2n) is 5.14. The van der Waals surface area contributed by atoms with E-state index in [0.29, 0.717) is 18.8 Å². The standard InChI is InChI=1S/C16H20N2O4S/c19-14(17-8-4-7-13-5-2-1-3-6-13)12-22-15(20)11-18-9-10-23-16(18)21/h1-3,5-6H,4,7-12H2,(H,17,19). The van der Waals surface area contributed by atoms with Gasteiger partial charge >= 0.3 is 5.97 Å². The predicted molar refractivity (Wildman–Crippen MR) is 88.2 cm³/mol. The van der Waals surface area contributed by atoms with Gasteiger partial charge in [0, 0.05) is 18.8 Å². The van der Waals surface area contributed by atoms with Crippen LogP contribution in [0.1, 0.15) is 12.0 Å². The molecule has 1 heterocycles. The van der Waals surface area contributed by atoms with Crippen molar-refractivity contribution in [3.63, 3.8) is 0 Å². The van der Waals surface area contributed by atoms with Gasteiger partial charge < -0.3 is 15.0 Å². The van der Waals surface area contributed by atoms with Gasteiger partial charge in [-0.05, 0) is 18.4 Å². The van der Waals surface area contributed by atoms with Crippen LogP contribution in [0.25, 0.3) is 0 Å². The molecule has 6 nitrogen and oxygen atoms in total. The van der Waals surface area contributed by atoms with Crippen LogP contribution in [-0.4, -0.2) is 54.0 Å². The molecule has 7 heteroatoms. The maximum Gasteiger partial charge on any atom is 0.326 e. The molecule has 0 radical (unpaired) electrons. The third-order valence-corrected chi connectivity index (χ3v) is 4.23. The van der Waals surface area contributed by atoms with Crippen molar-refractivity contribution >= 4 is 28.9 Å². The Morgan fingerprint density at radius 2 is 2.04 bits per heavy atom. The molecule has 0 aromatic heterocycles. The number of amides is 2. The summed E-state index contributed by atoms with van der Waals surface area (Å²) in [6, 6.07) is 10.0. The van der Waals surface area contributed by atoms with Crippen LogP contribution in [-0.2, 0) is 20.7 Å². The van der Waals surface area contributed by atoms with Crippen molar-refractivity contribution in [1.29, 1.82) is 0 Å². The van der Waals surface area contributed by atoms with E-state index < -0.39 is 5.97 Å². The molecule has 124 valence electrons. The molecule has 0 atom stereocenters. The average Bonchev–Trinajstić information content (AvgIpc) is 2.95. The zero-order valence-corrected chi connectivity index (χ0v) is 13.6. The van der Waals surface area contributed by atoms with Crippen molar-refractivity contribution in [2.45, 2.75) is 12.8 Å². The number of benzene rings is 1. The minimum Gasteiger partial charge on any atom is -0.454 e. The third-order valence-electron chi connectivity index (χ3n) is 3.34. The summed E-state index contributed by atoms with van der Waals surface area (Å²) in [7, 11) is 0. The minimum absolute atomic E-state index is 0.0902. The van der Waals surface area contributed by atoms with Gasteiger partial charge in [0.1, 0.15) is 6.54 Å². The summed E-state index contributed by atoms with van der Waals surface area (Å²) in [6.07, 6.45) is 1.71. The molecule has 1 N–H and O–H groups in total. The number of carbonyl (C=O) groups excluding carboxylic acids is 3. The SMILES string of the molecule is O=C(COC(=O)CN1CCSC1=O)NCCCc1ccccc1. The van der Waals surface area contributed by atoms with E-state index >= 15 is 0 Å². The van der Waals surface area contributed by atoms with E-state index in [1.807, 2.05) is 30.3 Å². The summed E-state index contributed by atoms with van der Waals surface area (Å²) >= 11 is 1.18. The first-order valence-corrected chi connectivity index (χ1v) is 8.51. The van der Waals surface area contributed by atoms with Gasteiger partial charge in [-0.2, -0.15) is 0 Å². The van der Waals surface area contributed by atoms with Gasteiger partial charge in [0.05, 0.1) is 0 Å². The monoisotopic (exact) mass is 336 g/mol. The maximum absolute atomic E-state index is 11.6. The van der Waals surface area contributed by atoms with E-state index in [0.717, 1.165) is 12.8 Å². The fourth-order valence-electron chi connectivity index (χ4n) is 2.13. The lowest BCUT2D eigenvalue weighted by atomic mass is 10.1. The first kappa shape index (κ1) is 17.3. The number of aryl methyl sites for hydroxylation is 1. The van der Waals surface area contributed by atoms with E-state index in [1.54, 1.807) is 0 Å². The van der Waals surface area contributed by atoms with Crippen molar-refractivity contribution in [2.75, 3.05) is 32.0 Å². The largest absolute Gasteiger partial charge is 0.454 e. The second kappa shape index (κ2) is 9.19. The number of rotatable bonds is 8. The van der Waals surface area contributed by atoms with E-state index in [4.69, 9.17) is 4.74 Å². The van der Waals surface area contributed by atoms with Gasteiger partial charge in [-0.1, -0.05) is 42.1 Å². The molecule has 1 fully saturated rings. The normalized spacial score (nSPS) is 13.9. The molecule has 1 saturated heterocycles. The van der Waals surface area contributed by atoms with Gasteiger partial charge in [-0.3, -0.25) is 14.4 Å². The van der Waals surface area contributed by atoms with Crippen molar-refractivity contribution in [3.05, 3.63) is 35.9 Å². The first-order valence-electron chi connectivity index (χ1n) is 7.53. The van der Waals surface area contributed by atoms with Crippen LogP contribution in [0, 0.1) is 0 Å². The molecule has 2 amide bonds. The number of esters is 1. The third kappa shape index (κ3) is 6.32. The highest BCUT2D eigenvalue weighted by Gasteiger charge is 2.24. The summed E-state index contributed by atoms with van der Waals surface area (Å²) in [5, 5.41) is 2.59. The van der Waals surface area contributed by atoms with Crippen molar-refractivity contribution < 1.29 is 19.1 Å². The second-order valence-corrected chi connectivity index (χ2v) is 6.18. The Morgan fingerprint density at radius 1 is 1.26 bits per heavy atom. The highest BCUT2D eigenvalue weighted by atomic mass is 32.2. The number of ether oxygens (including phenoxy) is 1. The Hall–Kier alpha value is -2.02. The number of carbonyl (C=O) groups is 3. The Bertz CT molecular complexity index is 550. The Kier molecular flexibility index (Phi) is 6.93. The molecule has 23 heavy (non-hydrogen) atoms. The smallest absolute Gasteiger partial charge is 0.326 e. The van der Waals surface area contributed by atoms with Crippen molar-refractivity contribution in [3.8, 4) is 0 Å². The molecule has 1 aromatic carbocycles. The molecular weight excluding hydrogens is 316 g/mol. The summed E-state index contributed by atoms with van der Waals surface area (Å²) in [5.74, 6) is -0.192. The molecule has 2 rings (SSSR count). The van der Waals surface area contributed by atoms with Gasteiger partial charge in [0.2, 0.25) is 0 Å². The van der Waals surface area contributed by atoms with E-state index in [9.17, 15) is 14.4 Å². The van der Waals surface area contributed by atoms with Crippen LogP contribution >= 0.6 is 11.8 Å². The van der Waals surface area contributed by atoms with E-state index in [1.165, 1.54) is 22.2 Å². The Labute approximate surface area is 139 Å². The molecule has 0 spiro atoms. The van der Waals surface area contributed by atoms with Gasteiger partial charge in [-0.15, -0.1) is 0 Å². The summed E-state index contributed by atoms with van der Waals surface area (Å²) in [6.45, 7) is 0.684. The van der Waals surface area contributed by atoms with Crippen LogP contribution in [0.15, 0.2) is 30.3 Å². The molecule has 0 bridgehead atoms. The Balaban J connectivity index is 1.54. The molecule has 1 aliphatic rings. The highest BCUT2D eigenvalue weighted by molar-refractivity contribution is 8.13. The first-order chi connectivity index (χ1) is 11.1. The van der Waals surface area contributed by atoms with E-state index in [2.05, 4.69) is 5.32 Å². The lowest BCUT2D eigenvalue weighted by molar-refractivity contribution is -0.148. The molecule has 0 saturated carbocycles. The maximum atomic E-state index is 11.6. The van der Waals surface area contributed by atoms with Gasteiger partial charge in [-0.25, -0.2) is 0 Å². The lowest BCUT2D eigenvalue weighted by Crippen LogP contribution is -2.34.